The number of nitrogens with two attached hydrogens (primary N) is 1. The number of carbonyl (C=O) groups is 1. The van der Waals surface area contributed by atoms with Gasteiger partial charge in [-0.05, 0) is 24.3 Å². The van der Waals surface area contributed by atoms with E-state index in [1.54, 1.807) is 24.4 Å². The van der Waals surface area contributed by atoms with E-state index in [1.165, 1.54) is 7.11 Å². The molecule has 11 heteroatoms. The molecule has 7 nitrogen and oxygen atoms in total. The summed E-state index contributed by atoms with van der Waals surface area (Å²) in [4.78, 5) is 20.9. The standard InChI is InChI=1S/C17H13F3N4O3S/c1-26-12-8-9(27-17(18,19)20)5-6-10(12)15(25)24-16-23-13(14(21)28-16)11-4-2-3-7-22-11/h2-8H,21H2,1H3,(H,23,24,25). The number of anilines is 2. The maximum Gasteiger partial charge on any atom is 0.573 e. The molecular formula is C17H13F3N4O3S. The predicted octanol–water partition coefficient (Wildman–Crippen LogP) is 3.95. The van der Waals surface area contributed by atoms with Crippen LogP contribution in [0.5, 0.6) is 11.5 Å². The maximum absolute atomic E-state index is 12.5. The number of nitrogens with one attached hydrogen (secondary N) is 1. The molecule has 0 saturated heterocycles. The molecule has 0 fully saturated rings. The fraction of sp³-hybridized carbons (Fsp3) is 0.118. The second-order valence-electron chi connectivity index (χ2n) is 5.31. The molecule has 0 aliphatic rings. The first kappa shape index (κ1) is 19.4. The molecule has 1 amide bonds. The monoisotopic (exact) mass is 410 g/mol. The van der Waals surface area contributed by atoms with E-state index in [1.807, 2.05) is 0 Å². The van der Waals surface area contributed by atoms with Crippen LogP contribution in [0.1, 0.15) is 10.4 Å². The molecule has 0 atom stereocenters. The molecule has 2 aromatic heterocycles. The molecule has 0 aliphatic carbocycles. The van der Waals surface area contributed by atoms with Crippen LogP contribution >= 0.6 is 11.3 Å². The van der Waals surface area contributed by atoms with E-state index in [4.69, 9.17) is 10.5 Å². The first-order chi connectivity index (χ1) is 13.3. The second-order valence-corrected chi connectivity index (χ2v) is 6.34. The second kappa shape index (κ2) is 7.72. The Morgan fingerprint density at radius 3 is 2.68 bits per heavy atom. The molecule has 0 aliphatic heterocycles. The number of nitrogen functional groups attached to an aromatic ring is 1. The van der Waals surface area contributed by atoms with Crippen molar-refractivity contribution in [3.63, 3.8) is 0 Å². The number of amides is 1. The van der Waals surface area contributed by atoms with Crippen molar-refractivity contribution in [2.75, 3.05) is 18.2 Å². The van der Waals surface area contributed by atoms with Gasteiger partial charge in [0, 0.05) is 12.3 Å². The Bertz CT molecular complexity index is 993. The summed E-state index contributed by atoms with van der Waals surface area (Å²) in [6.07, 6.45) is -3.27. The van der Waals surface area contributed by atoms with Crippen molar-refractivity contribution in [2.45, 2.75) is 6.36 Å². The Hall–Kier alpha value is -3.34. The first-order valence-corrected chi connectivity index (χ1v) is 8.51. The smallest absolute Gasteiger partial charge is 0.496 e. The Morgan fingerprint density at radius 1 is 1.25 bits per heavy atom. The van der Waals surface area contributed by atoms with E-state index in [0.29, 0.717) is 16.4 Å². The summed E-state index contributed by atoms with van der Waals surface area (Å²) < 4.78 is 45.8. The minimum atomic E-state index is -4.85. The van der Waals surface area contributed by atoms with Gasteiger partial charge in [-0.15, -0.1) is 13.2 Å². The van der Waals surface area contributed by atoms with Crippen LogP contribution in [0.4, 0.5) is 23.3 Å². The summed E-state index contributed by atoms with van der Waals surface area (Å²) in [6.45, 7) is 0. The number of hydrogen-bond acceptors (Lipinski definition) is 7. The number of aromatic nitrogens is 2. The van der Waals surface area contributed by atoms with Crippen LogP contribution in [0.15, 0.2) is 42.6 Å². The molecule has 28 heavy (non-hydrogen) atoms. The summed E-state index contributed by atoms with van der Waals surface area (Å²) in [5, 5.41) is 3.11. The lowest BCUT2D eigenvalue weighted by Gasteiger charge is -2.12. The highest BCUT2D eigenvalue weighted by atomic mass is 32.1. The molecule has 3 rings (SSSR count). The summed E-state index contributed by atoms with van der Waals surface area (Å²) in [5.41, 5.74) is 6.91. The largest absolute Gasteiger partial charge is 0.573 e. The van der Waals surface area contributed by atoms with E-state index >= 15 is 0 Å². The number of alkyl halides is 3. The molecule has 0 spiro atoms. The number of methoxy groups -OCH3 is 1. The number of thiazole rings is 1. The number of halogens is 3. The van der Waals surface area contributed by atoms with Gasteiger partial charge in [0.15, 0.2) is 5.13 Å². The molecule has 0 bridgehead atoms. The number of ether oxygens (including phenoxy) is 2. The Morgan fingerprint density at radius 2 is 2.04 bits per heavy atom. The Kier molecular flexibility index (Phi) is 5.36. The lowest BCUT2D eigenvalue weighted by atomic mass is 10.2. The number of hydrogen-bond donors (Lipinski definition) is 2. The van der Waals surface area contributed by atoms with Gasteiger partial charge in [0.2, 0.25) is 0 Å². The van der Waals surface area contributed by atoms with Gasteiger partial charge in [-0.1, -0.05) is 17.4 Å². The lowest BCUT2D eigenvalue weighted by molar-refractivity contribution is -0.274. The third kappa shape index (κ3) is 4.49. The third-order valence-electron chi connectivity index (χ3n) is 3.43. The fourth-order valence-electron chi connectivity index (χ4n) is 2.29. The third-order valence-corrected chi connectivity index (χ3v) is 4.23. The minimum absolute atomic E-state index is 0.00480. The highest BCUT2D eigenvalue weighted by Gasteiger charge is 2.31. The van der Waals surface area contributed by atoms with Crippen molar-refractivity contribution in [1.82, 2.24) is 9.97 Å². The summed E-state index contributed by atoms with van der Waals surface area (Å²) >= 11 is 1.04. The molecular weight excluding hydrogens is 397 g/mol. The van der Waals surface area contributed by atoms with Crippen LogP contribution in [-0.4, -0.2) is 29.3 Å². The topological polar surface area (TPSA) is 99.4 Å². The number of carbonyl (C=O) groups excluding carboxylic acids is 1. The van der Waals surface area contributed by atoms with Crippen molar-refractivity contribution in [3.05, 3.63) is 48.2 Å². The van der Waals surface area contributed by atoms with E-state index < -0.39 is 18.0 Å². The van der Waals surface area contributed by atoms with Crippen LogP contribution in [0.3, 0.4) is 0 Å². The lowest BCUT2D eigenvalue weighted by Crippen LogP contribution is -2.18. The van der Waals surface area contributed by atoms with Gasteiger partial charge >= 0.3 is 6.36 Å². The molecule has 2 heterocycles. The normalized spacial score (nSPS) is 11.1. The Balaban J connectivity index is 1.82. The van der Waals surface area contributed by atoms with Gasteiger partial charge in [-0.2, -0.15) is 0 Å². The molecule has 0 radical (unpaired) electrons. The van der Waals surface area contributed by atoms with Crippen molar-refractivity contribution in [2.24, 2.45) is 0 Å². The van der Waals surface area contributed by atoms with Crippen molar-refractivity contribution >= 4 is 27.4 Å². The highest BCUT2D eigenvalue weighted by Crippen LogP contribution is 2.33. The molecule has 1 aromatic carbocycles. The van der Waals surface area contributed by atoms with Crippen LogP contribution in [0.25, 0.3) is 11.4 Å². The first-order valence-electron chi connectivity index (χ1n) is 7.69. The van der Waals surface area contributed by atoms with Gasteiger partial charge in [0.1, 0.15) is 22.2 Å². The van der Waals surface area contributed by atoms with Gasteiger partial charge in [0.05, 0.1) is 18.4 Å². The SMILES string of the molecule is COc1cc(OC(F)(F)F)ccc1C(=O)Nc1nc(-c2ccccn2)c(N)s1. The zero-order chi connectivity index (χ0) is 20.3. The average Bonchev–Trinajstić information content (AvgIpc) is 3.01. The zero-order valence-corrected chi connectivity index (χ0v) is 15.1. The van der Waals surface area contributed by atoms with E-state index in [9.17, 15) is 18.0 Å². The van der Waals surface area contributed by atoms with E-state index in [-0.39, 0.29) is 16.4 Å². The van der Waals surface area contributed by atoms with Crippen molar-refractivity contribution in [3.8, 4) is 22.9 Å². The summed E-state index contributed by atoms with van der Waals surface area (Å²) in [6, 6.07) is 8.38. The number of benzene rings is 1. The van der Waals surface area contributed by atoms with Gasteiger partial charge < -0.3 is 15.2 Å². The average molecular weight is 410 g/mol. The molecule has 3 N–H and O–H groups in total. The number of pyridine rings is 1. The molecule has 146 valence electrons. The maximum atomic E-state index is 12.5. The zero-order valence-electron chi connectivity index (χ0n) is 14.3. The van der Waals surface area contributed by atoms with E-state index in [0.717, 1.165) is 29.5 Å². The summed E-state index contributed by atoms with van der Waals surface area (Å²) in [7, 11) is 1.23. The predicted molar refractivity (Wildman–Crippen MR) is 97.4 cm³/mol. The fourth-order valence-corrected chi connectivity index (χ4v) is 3.03. The number of rotatable bonds is 5. The van der Waals surface area contributed by atoms with Crippen LogP contribution in [0, 0.1) is 0 Å². The quantitative estimate of drug-likeness (QED) is 0.661. The highest BCUT2D eigenvalue weighted by molar-refractivity contribution is 7.20. The van der Waals surface area contributed by atoms with Gasteiger partial charge in [-0.25, -0.2) is 4.98 Å². The number of nitrogens with zero attached hydrogens (tertiary/aromatic N) is 2. The van der Waals surface area contributed by atoms with Gasteiger partial charge in [0.25, 0.3) is 5.91 Å². The van der Waals surface area contributed by atoms with Crippen LogP contribution in [-0.2, 0) is 0 Å². The Labute approximate surface area is 160 Å². The van der Waals surface area contributed by atoms with Crippen LogP contribution < -0.4 is 20.5 Å². The molecule has 0 unspecified atom stereocenters. The van der Waals surface area contributed by atoms with Gasteiger partial charge in [-0.3, -0.25) is 15.1 Å². The van der Waals surface area contributed by atoms with E-state index in [2.05, 4.69) is 20.0 Å². The van der Waals surface area contributed by atoms with Crippen LogP contribution in [0.2, 0.25) is 0 Å². The summed E-state index contributed by atoms with van der Waals surface area (Å²) in [5.74, 6) is -1.22. The minimum Gasteiger partial charge on any atom is -0.496 e. The molecule has 0 saturated carbocycles. The van der Waals surface area contributed by atoms with Crippen molar-refractivity contribution < 1.29 is 27.4 Å². The molecule has 3 aromatic rings. The van der Waals surface area contributed by atoms with Crippen molar-refractivity contribution in [1.29, 1.82) is 0 Å².